The van der Waals surface area contributed by atoms with E-state index in [1.807, 2.05) is 0 Å². The van der Waals surface area contributed by atoms with Gasteiger partial charge in [0.2, 0.25) is 0 Å². The molecular weight excluding hydrogens is 264 g/mol. The molecule has 1 saturated heterocycles. The maximum absolute atomic E-state index is 11.6. The number of ether oxygens (including phenoxy) is 1. The molecule has 1 N–H and O–H groups in total. The lowest BCUT2D eigenvalue weighted by Crippen LogP contribution is -2.50. The van der Waals surface area contributed by atoms with Crippen LogP contribution in [0.3, 0.4) is 0 Å². The summed E-state index contributed by atoms with van der Waals surface area (Å²) in [6.07, 6.45) is 0.720. The van der Waals surface area contributed by atoms with Crippen molar-refractivity contribution in [3.05, 3.63) is 0 Å². The highest BCUT2D eigenvalue weighted by Gasteiger charge is 2.25. The molecule has 0 aromatic rings. The van der Waals surface area contributed by atoms with E-state index < -0.39 is 9.84 Å². The van der Waals surface area contributed by atoms with Crippen LogP contribution in [-0.4, -0.2) is 69.8 Å². The molecular formula is C13H28N2O3S. The van der Waals surface area contributed by atoms with Crippen LogP contribution in [0.1, 0.15) is 27.2 Å². The molecule has 1 aliphatic heterocycles. The molecule has 0 saturated carbocycles. The van der Waals surface area contributed by atoms with Gasteiger partial charge in [0.25, 0.3) is 0 Å². The fourth-order valence-corrected chi connectivity index (χ4v) is 3.52. The lowest BCUT2D eigenvalue weighted by atomic mass is 10.1. The number of hydrogen-bond donors (Lipinski definition) is 1. The topological polar surface area (TPSA) is 58.6 Å². The first-order valence-electron chi connectivity index (χ1n) is 6.92. The van der Waals surface area contributed by atoms with E-state index in [1.165, 1.54) is 0 Å². The molecule has 6 heteroatoms. The van der Waals surface area contributed by atoms with Gasteiger partial charge >= 0.3 is 0 Å². The maximum Gasteiger partial charge on any atom is 0.151 e. The van der Waals surface area contributed by atoms with Crippen LogP contribution in [0.15, 0.2) is 0 Å². The molecule has 1 unspecified atom stereocenters. The summed E-state index contributed by atoms with van der Waals surface area (Å²) in [5.74, 6) is 0.582. The number of nitrogens with one attached hydrogen (secondary N) is 1. The largest absolute Gasteiger partial charge is 0.383 e. The Morgan fingerprint density at radius 2 is 1.95 bits per heavy atom. The summed E-state index contributed by atoms with van der Waals surface area (Å²) in [5, 5.41) is 3.47. The first-order valence-corrected chi connectivity index (χ1v) is 8.74. The van der Waals surface area contributed by atoms with Gasteiger partial charge < -0.3 is 10.1 Å². The molecule has 1 aliphatic rings. The Morgan fingerprint density at radius 3 is 2.53 bits per heavy atom. The third-order valence-corrected chi connectivity index (χ3v) is 5.05. The average Bonchev–Trinajstić information content (AvgIpc) is 2.44. The first-order chi connectivity index (χ1) is 8.73. The van der Waals surface area contributed by atoms with Gasteiger partial charge in [-0.25, -0.2) is 8.42 Å². The van der Waals surface area contributed by atoms with Gasteiger partial charge in [-0.3, -0.25) is 4.90 Å². The Morgan fingerprint density at radius 1 is 1.26 bits per heavy atom. The summed E-state index contributed by atoms with van der Waals surface area (Å²) >= 11 is 0. The van der Waals surface area contributed by atoms with Gasteiger partial charge in [-0.2, -0.15) is 0 Å². The monoisotopic (exact) mass is 292 g/mol. The minimum atomic E-state index is -2.85. The summed E-state index contributed by atoms with van der Waals surface area (Å²) in [6, 6.07) is 0.234. The van der Waals surface area contributed by atoms with Crippen LogP contribution in [0.4, 0.5) is 0 Å². The van der Waals surface area contributed by atoms with Crippen molar-refractivity contribution in [1.82, 2.24) is 10.2 Å². The molecule has 0 bridgehead atoms. The predicted molar refractivity (Wildman–Crippen MR) is 78.3 cm³/mol. The van der Waals surface area contributed by atoms with Gasteiger partial charge in [0, 0.05) is 31.8 Å². The van der Waals surface area contributed by atoms with E-state index in [-0.39, 0.29) is 17.3 Å². The zero-order valence-electron chi connectivity index (χ0n) is 12.6. The zero-order valence-corrected chi connectivity index (χ0v) is 13.4. The number of rotatable bonds is 5. The Kier molecular flexibility index (Phi) is 6.23. The molecule has 0 aromatic carbocycles. The van der Waals surface area contributed by atoms with Crippen LogP contribution in [0, 0.1) is 0 Å². The second-order valence-electron chi connectivity index (χ2n) is 6.28. The second-order valence-corrected chi connectivity index (χ2v) is 8.59. The van der Waals surface area contributed by atoms with Crippen LogP contribution in [0.2, 0.25) is 0 Å². The van der Waals surface area contributed by atoms with Crippen molar-refractivity contribution in [2.45, 2.75) is 38.8 Å². The average molecular weight is 292 g/mol. The third-order valence-electron chi connectivity index (χ3n) is 3.33. The van der Waals surface area contributed by atoms with Crippen LogP contribution in [0.5, 0.6) is 0 Å². The van der Waals surface area contributed by atoms with E-state index in [2.05, 4.69) is 31.0 Å². The van der Waals surface area contributed by atoms with Gasteiger partial charge in [0.05, 0.1) is 18.1 Å². The quantitative estimate of drug-likeness (QED) is 0.800. The van der Waals surface area contributed by atoms with Crippen LogP contribution in [-0.2, 0) is 14.6 Å². The smallest absolute Gasteiger partial charge is 0.151 e. The van der Waals surface area contributed by atoms with Crippen molar-refractivity contribution >= 4 is 9.84 Å². The number of methoxy groups -OCH3 is 1. The normalized spacial score (nSPS) is 22.9. The van der Waals surface area contributed by atoms with Crippen molar-refractivity contribution < 1.29 is 13.2 Å². The zero-order chi connectivity index (χ0) is 14.5. The molecule has 114 valence electrons. The highest BCUT2D eigenvalue weighted by molar-refractivity contribution is 7.91. The van der Waals surface area contributed by atoms with Crippen molar-refractivity contribution in [1.29, 1.82) is 0 Å². The minimum Gasteiger partial charge on any atom is -0.383 e. The second kappa shape index (κ2) is 7.02. The Hall–Kier alpha value is -0.170. The van der Waals surface area contributed by atoms with E-state index in [4.69, 9.17) is 4.74 Å². The summed E-state index contributed by atoms with van der Waals surface area (Å²) < 4.78 is 28.6. The molecule has 0 spiro atoms. The first kappa shape index (κ1) is 16.9. The van der Waals surface area contributed by atoms with Crippen molar-refractivity contribution in [2.24, 2.45) is 0 Å². The molecule has 0 aromatic heterocycles. The fourth-order valence-electron chi connectivity index (χ4n) is 2.23. The molecule has 5 nitrogen and oxygen atoms in total. The van der Waals surface area contributed by atoms with Gasteiger partial charge in [-0.05, 0) is 33.7 Å². The lowest BCUT2D eigenvalue weighted by molar-refractivity contribution is 0.0901. The third kappa shape index (κ3) is 6.70. The molecule has 1 fully saturated rings. The van der Waals surface area contributed by atoms with Crippen LogP contribution in [0.25, 0.3) is 0 Å². The van der Waals surface area contributed by atoms with E-state index in [0.717, 1.165) is 19.5 Å². The number of sulfone groups is 1. The van der Waals surface area contributed by atoms with Crippen molar-refractivity contribution in [2.75, 3.05) is 44.9 Å². The van der Waals surface area contributed by atoms with E-state index >= 15 is 0 Å². The Labute approximate surface area is 117 Å². The van der Waals surface area contributed by atoms with E-state index in [0.29, 0.717) is 18.9 Å². The molecule has 0 amide bonds. The molecule has 1 heterocycles. The summed E-state index contributed by atoms with van der Waals surface area (Å²) in [7, 11) is -1.15. The van der Waals surface area contributed by atoms with E-state index in [1.54, 1.807) is 7.11 Å². The van der Waals surface area contributed by atoms with Crippen LogP contribution >= 0.6 is 0 Å². The minimum absolute atomic E-state index is 0.0594. The van der Waals surface area contributed by atoms with Crippen molar-refractivity contribution in [3.8, 4) is 0 Å². The van der Waals surface area contributed by atoms with Gasteiger partial charge in [-0.15, -0.1) is 0 Å². The van der Waals surface area contributed by atoms with Crippen LogP contribution < -0.4 is 5.32 Å². The van der Waals surface area contributed by atoms with E-state index in [9.17, 15) is 8.42 Å². The Bertz CT molecular complexity index is 363. The molecule has 1 rings (SSSR count). The molecule has 0 radical (unpaired) electrons. The van der Waals surface area contributed by atoms with Gasteiger partial charge in [-0.1, -0.05) is 0 Å². The SMILES string of the molecule is COCC(CNC(C)(C)C)N1CCCS(=O)(=O)CC1. The predicted octanol–water partition coefficient (Wildman–Crippen LogP) is 0.510. The molecule has 19 heavy (non-hydrogen) atoms. The summed E-state index contributed by atoms with van der Waals surface area (Å²) in [4.78, 5) is 2.24. The lowest BCUT2D eigenvalue weighted by Gasteiger charge is -2.32. The molecule has 0 aliphatic carbocycles. The standard InChI is InChI=1S/C13H28N2O3S/c1-13(2,3)14-10-12(11-18-4)15-6-5-8-19(16,17)9-7-15/h12,14H,5-11H2,1-4H3. The Balaban J connectivity index is 2.60. The molecule has 1 atom stereocenters. The van der Waals surface area contributed by atoms with Gasteiger partial charge in [0.15, 0.2) is 9.84 Å². The summed E-state index contributed by atoms with van der Waals surface area (Å²) in [5.41, 5.74) is 0.0594. The fraction of sp³-hybridized carbons (Fsp3) is 1.00. The van der Waals surface area contributed by atoms with Crippen molar-refractivity contribution in [3.63, 3.8) is 0 Å². The maximum atomic E-state index is 11.6. The highest BCUT2D eigenvalue weighted by Crippen LogP contribution is 2.10. The van der Waals surface area contributed by atoms with Gasteiger partial charge in [0.1, 0.15) is 0 Å². The number of nitrogens with zero attached hydrogens (tertiary/aromatic N) is 1. The highest BCUT2D eigenvalue weighted by atomic mass is 32.2. The number of hydrogen-bond acceptors (Lipinski definition) is 5. The summed E-state index contributed by atoms with van der Waals surface area (Å²) in [6.45, 7) is 9.28.